The molecule has 0 aliphatic heterocycles. The van der Waals surface area contributed by atoms with Gasteiger partial charge in [-0.15, -0.1) is 0 Å². The zero-order chi connectivity index (χ0) is 11.8. The third-order valence-corrected chi connectivity index (χ3v) is 2.29. The normalized spacial score (nSPS) is 14.7. The molecule has 0 bridgehead atoms. The maximum absolute atomic E-state index is 11.4. The Balaban J connectivity index is 3.97. The molecule has 5 heteroatoms. The molecule has 0 saturated heterocycles. The minimum Gasteiger partial charge on any atom is -0.396 e. The second-order valence-corrected chi connectivity index (χ2v) is 4.00. The van der Waals surface area contributed by atoms with Crippen LogP contribution in [0.2, 0.25) is 0 Å². The summed E-state index contributed by atoms with van der Waals surface area (Å²) in [6, 6.07) is 0.167. The lowest BCUT2D eigenvalue weighted by atomic mass is 10.1. The summed E-state index contributed by atoms with van der Waals surface area (Å²) >= 11 is 0. The van der Waals surface area contributed by atoms with Gasteiger partial charge >= 0.3 is 0 Å². The van der Waals surface area contributed by atoms with Crippen LogP contribution in [0.4, 0.5) is 0 Å². The number of hydrogen-bond donors (Lipinski definition) is 3. The van der Waals surface area contributed by atoms with Crippen molar-refractivity contribution in [2.45, 2.75) is 31.8 Å². The number of hydrogen-bond acceptors (Lipinski definition) is 4. The average Bonchev–Trinajstić information content (AvgIpc) is 2.16. The zero-order valence-electron chi connectivity index (χ0n) is 9.86. The molecule has 0 spiro atoms. The fraction of sp³-hybridized carbons (Fsp3) is 0.900. The number of aliphatic hydroxyl groups excluding tert-OH is 1. The van der Waals surface area contributed by atoms with Crippen molar-refractivity contribution in [2.24, 2.45) is 5.73 Å². The molecule has 2 unspecified atom stereocenters. The second kappa shape index (κ2) is 7.62. The Morgan fingerprint density at radius 1 is 1.53 bits per heavy atom. The summed E-state index contributed by atoms with van der Waals surface area (Å²) in [6.07, 6.45) is 1.08. The molecule has 0 aromatic rings. The fourth-order valence-electron chi connectivity index (χ4n) is 1.28. The Labute approximate surface area is 91.6 Å². The van der Waals surface area contributed by atoms with E-state index in [4.69, 9.17) is 10.8 Å². The summed E-state index contributed by atoms with van der Waals surface area (Å²) in [7, 11) is 3.46. The first-order valence-corrected chi connectivity index (χ1v) is 5.28. The maximum Gasteiger partial charge on any atom is 0.223 e. The molecule has 90 valence electrons. The SMILES string of the molecule is CC(CCO)NC(CN)CC(=O)N(C)C. The Morgan fingerprint density at radius 3 is 2.53 bits per heavy atom. The number of nitrogens with one attached hydrogen (secondary N) is 1. The van der Waals surface area contributed by atoms with Gasteiger partial charge in [-0.3, -0.25) is 4.79 Å². The summed E-state index contributed by atoms with van der Waals surface area (Å²) in [5.41, 5.74) is 5.57. The fourth-order valence-corrected chi connectivity index (χ4v) is 1.28. The zero-order valence-corrected chi connectivity index (χ0v) is 9.86. The highest BCUT2D eigenvalue weighted by Gasteiger charge is 2.15. The summed E-state index contributed by atoms with van der Waals surface area (Å²) in [4.78, 5) is 13.0. The first-order chi connectivity index (χ1) is 7.01. The van der Waals surface area contributed by atoms with Crippen molar-refractivity contribution in [3.05, 3.63) is 0 Å². The van der Waals surface area contributed by atoms with Crippen molar-refractivity contribution in [3.8, 4) is 0 Å². The second-order valence-electron chi connectivity index (χ2n) is 4.00. The van der Waals surface area contributed by atoms with Gasteiger partial charge in [-0.1, -0.05) is 0 Å². The van der Waals surface area contributed by atoms with Gasteiger partial charge in [-0.05, 0) is 13.3 Å². The van der Waals surface area contributed by atoms with Crippen LogP contribution in [0.3, 0.4) is 0 Å². The van der Waals surface area contributed by atoms with Crippen LogP contribution in [0.5, 0.6) is 0 Å². The highest BCUT2D eigenvalue weighted by atomic mass is 16.3. The van der Waals surface area contributed by atoms with Gasteiger partial charge in [0.15, 0.2) is 0 Å². The number of nitrogens with zero attached hydrogens (tertiary/aromatic N) is 1. The largest absolute Gasteiger partial charge is 0.396 e. The van der Waals surface area contributed by atoms with Crippen LogP contribution in [-0.2, 0) is 4.79 Å². The first-order valence-electron chi connectivity index (χ1n) is 5.28. The van der Waals surface area contributed by atoms with Crippen LogP contribution in [0.1, 0.15) is 19.8 Å². The molecular formula is C10H23N3O2. The van der Waals surface area contributed by atoms with E-state index < -0.39 is 0 Å². The molecule has 0 rings (SSSR count). The molecule has 2 atom stereocenters. The molecule has 15 heavy (non-hydrogen) atoms. The molecule has 0 aromatic heterocycles. The average molecular weight is 217 g/mol. The summed E-state index contributed by atoms with van der Waals surface area (Å²) < 4.78 is 0. The molecule has 0 aliphatic carbocycles. The van der Waals surface area contributed by atoms with E-state index in [0.717, 1.165) is 0 Å². The van der Waals surface area contributed by atoms with Crippen molar-refractivity contribution in [1.29, 1.82) is 0 Å². The Kier molecular flexibility index (Phi) is 7.29. The molecule has 0 fully saturated rings. The van der Waals surface area contributed by atoms with Crippen molar-refractivity contribution in [1.82, 2.24) is 10.2 Å². The van der Waals surface area contributed by atoms with Crippen molar-refractivity contribution in [3.63, 3.8) is 0 Å². The molecule has 5 nitrogen and oxygen atoms in total. The molecular weight excluding hydrogens is 194 g/mol. The van der Waals surface area contributed by atoms with Crippen LogP contribution >= 0.6 is 0 Å². The number of aliphatic hydroxyl groups is 1. The predicted molar refractivity (Wildman–Crippen MR) is 60.5 cm³/mol. The minimum atomic E-state index is -0.0125. The van der Waals surface area contributed by atoms with E-state index in [1.54, 1.807) is 19.0 Å². The quantitative estimate of drug-likeness (QED) is 0.519. The van der Waals surface area contributed by atoms with E-state index in [1.165, 1.54) is 0 Å². The molecule has 0 radical (unpaired) electrons. The molecule has 4 N–H and O–H groups in total. The number of amides is 1. The third-order valence-electron chi connectivity index (χ3n) is 2.29. The molecule has 0 aliphatic rings. The first kappa shape index (κ1) is 14.3. The lowest BCUT2D eigenvalue weighted by molar-refractivity contribution is -0.129. The number of nitrogens with two attached hydrogens (primary N) is 1. The van der Waals surface area contributed by atoms with E-state index >= 15 is 0 Å². The standard InChI is InChI=1S/C10H23N3O2/c1-8(4-5-14)12-9(7-11)6-10(15)13(2)3/h8-9,12,14H,4-7,11H2,1-3H3. The van der Waals surface area contributed by atoms with E-state index in [-0.39, 0.29) is 24.6 Å². The molecule has 0 saturated carbocycles. The van der Waals surface area contributed by atoms with Gasteiger partial charge in [0.2, 0.25) is 5.91 Å². The van der Waals surface area contributed by atoms with Gasteiger partial charge in [0.25, 0.3) is 0 Å². The van der Waals surface area contributed by atoms with Crippen molar-refractivity contribution in [2.75, 3.05) is 27.2 Å². The van der Waals surface area contributed by atoms with Gasteiger partial charge in [0.1, 0.15) is 0 Å². The van der Waals surface area contributed by atoms with E-state index in [2.05, 4.69) is 5.32 Å². The van der Waals surface area contributed by atoms with Crippen LogP contribution in [0.15, 0.2) is 0 Å². The number of rotatable bonds is 7. The topological polar surface area (TPSA) is 78.6 Å². The van der Waals surface area contributed by atoms with Crippen molar-refractivity contribution >= 4 is 5.91 Å². The Morgan fingerprint density at radius 2 is 2.13 bits per heavy atom. The monoisotopic (exact) mass is 217 g/mol. The minimum absolute atomic E-state index is 0.0125. The lowest BCUT2D eigenvalue weighted by Crippen LogP contribution is -2.44. The Hall–Kier alpha value is -0.650. The van der Waals surface area contributed by atoms with E-state index in [9.17, 15) is 4.79 Å². The van der Waals surface area contributed by atoms with Gasteiger partial charge in [0, 0.05) is 45.8 Å². The summed E-state index contributed by atoms with van der Waals surface area (Å²) in [6.45, 7) is 2.54. The molecule has 0 aromatic carbocycles. The van der Waals surface area contributed by atoms with Crippen molar-refractivity contribution < 1.29 is 9.90 Å². The third kappa shape index (κ3) is 6.43. The van der Waals surface area contributed by atoms with Gasteiger partial charge in [-0.25, -0.2) is 0 Å². The maximum atomic E-state index is 11.4. The molecule has 1 amide bonds. The van der Waals surface area contributed by atoms with E-state index in [0.29, 0.717) is 19.4 Å². The molecule has 0 heterocycles. The highest BCUT2D eigenvalue weighted by molar-refractivity contribution is 5.76. The number of carbonyl (C=O) groups is 1. The van der Waals surface area contributed by atoms with E-state index in [1.807, 2.05) is 6.92 Å². The van der Waals surface area contributed by atoms with Gasteiger partial charge in [-0.2, -0.15) is 0 Å². The van der Waals surface area contributed by atoms with Crippen LogP contribution in [0.25, 0.3) is 0 Å². The smallest absolute Gasteiger partial charge is 0.223 e. The number of carbonyl (C=O) groups excluding carboxylic acids is 1. The Bertz CT molecular complexity index is 186. The van der Waals surface area contributed by atoms with Crippen LogP contribution in [0, 0.1) is 0 Å². The van der Waals surface area contributed by atoms with Crippen LogP contribution < -0.4 is 11.1 Å². The van der Waals surface area contributed by atoms with Gasteiger partial charge in [0.05, 0.1) is 0 Å². The summed E-state index contributed by atoms with van der Waals surface area (Å²) in [5.74, 6) is 0.0640. The summed E-state index contributed by atoms with van der Waals surface area (Å²) in [5, 5.41) is 12.0. The predicted octanol–water partition coefficient (Wildman–Crippen LogP) is -0.847. The highest BCUT2D eigenvalue weighted by Crippen LogP contribution is 1.98. The van der Waals surface area contributed by atoms with Gasteiger partial charge < -0.3 is 21.1 Å². The van der Waals surface area contributed by atoms with Crippen LogP contribution in [-0.4, -0.2) is 55.2 Å². The lowest BCUT2D eigenvalue weighted by Gasteiger charge is -2.22.